The zero-order valence-corrected chi connectivity index (χ0v) is 14.8. The lowest BCUT2D eigenvalue weighted by Gasteiger charge is -2.35. The van der Waals surface area contributed by atoms with Crippen molar-refractivity contribution in [3.63, 3.8) is 0 Å². The smallest absolute Gasteiger partial charge is 0.197 e. The van der Waals surface area contributed by atoms with Crippen molar-refractivity contribution in [1.29, 1.82) is 0 Å². The monoisotopic (exact) mass is 377 g/mol. The maximum atomic E-state index is 10.4. The molecular weight excluding hydrogens is 357 g/mol. The van der Waals surface area contributed by atoms with Crippen LogP contribution in [0.3, 0.4) is 0 Å². The lowest BCUT2D eigenvalue weighted by molar-refractivity contribution is -0.0773. The summed E-state index contributed by atoms with van der Waals surface area (Å²) in [5.74, 6) is 0.526. The van der Waals surface area contributed by atoms with E-state index >= 15 is 0 Å². The molecule has 4 N–H and O–H groups in total. The van der Waals surface area contributed by atoms with Gasteiger partial charge in [-0.3, -0.25) is 0 Å². The van der Waals surface area contributed by atoms with Crippen LogP contribution in [-0.2, 0) is 4.74 Å². The van der Waals surface area contributed by atoms with Crippen molar-refractivity contribution >= 4 is 29.2 Å². The van der Waals surface area contributed by atoms with E-state index in [1.54, 1.807) is 17.1 Å². The molecule has 0 aromatic heterocycles. The quantitative estimate of drug-likeness (QED) is 0.556. The number of fused-ring (bicyclic) bond motifs is 1. The van der Waals surface area contributed by atoms with Crippen molar-refractivity contribution in [3.8, 4) is 0 Å². The van der Waals surface area contributed by atoms with Gasteiger partial charge in [0.2, 0.25) is 0 Å². The number of hydrogen-bond donors (Lipinski definition) is 4. The number of allylic oxidation sites excluding steroid dienone is 2. The Morgan fingerprint density at radius 2 is 1.92 bits per heavy atom. The molecule has 3 aliphatic rings. The van der Waals surface area contributed by atoms with Crippen molar-refractivity contribution in [2.24, 2.45) is 4.99 Å². The van der Waals surface area contributed by atoms with Crippen molar-refractivity contribution in [2.45, 2.75) is 56.5 Å². The predicted octanol–water partition coefficient (Wildman–Crippen LogP) is 0.0912. The van der Waals surface area contributed by atoms with E-state index in [9.17, 15) is 15.3 Å². The maximum absolute atomic E-state index is 10.4. The Labute approximate surface area is 150 Å². The molecule has 0 aromatic carbocycles. The summed E-state index contributed by atoms with van der Waals surface area (Å²) >= 11 is 12.2. The minimum atomic E-state index is -1.19. The van der Waals surface area contributed by atoms with Crippen LogP contribution in [-0.4, -0.2) is 75.5 Å². The molecule has 0 spiro atoms. The molecule has 24 heavy (non-hydrogen) atoms. The van der Waals surface area contributed by atoms with Gasteiger partial charge in [0.1, 0.15) is 18.3 Å². The summed E-state index contributed by atoms with van der Waals surface area (Å²) in [6.07, 6.45) is -0.579. The van der Waals surface area contributed by atoms with Gasteiger partial charge in [-0.1, -0.05) is 23.2 Å². The first-order valence-corrected chi connectivity index (χ1v) is 8.59. The van der Waals surface area contributed by atoms with Crippen molar-refractivity contribution in [2.75, 3.05) is 6.61 Å². The van der Waals surface area contributed by atoms with Crippen LogP contribution in [0.4, 0.5) is 0 Å². The van der Waals surface area contributed by atoms with E-state index in [0.29, 0.717) is 16.0 Å². The second-order valence-electron chi connectivity index (χ2n) is 6.40. The Kier molecular flexibility index (Phi) is 5.11. The second kappa shape index (κ2) is 6.82. The normalized spacial score (nSPS) is 38.8. The first-order chi connectivity index (χ1) is 11.3. The summed E-state index contributed by atoms with van der Waals surface area (Å²) in [4.78, 5) is 6.35. The van der Waals surface area contributed by atoms with E-state index in [2.05, 4.69) is 10.3 Å². The van der Waals surface area contributed by atoms with Crippen LogP contribution in [0.5, 0.6) is 0 Å². The van der Waals surface area contributed by atoms with Gasteiger partial charge in [-0.2, -0.15) is 0 Å². The highest BCUT2D eigenvalue weighted by molar-refractivity contribution is 6.44. The summed E-state index contributed by atoms with van der Waals surface area (Å²) in [5.41, 5.74) is 0. The molecule has 2 aliphatic heterocycles. The Morgan fingerprint density at radius 1 is 1.25 bits per heavy atom. The fourth-order valence-corrected chi connectivity index (χ4v) is 3.52. The zero-order chi connectivity index (χ0) is 17.6. The lowest BCUT2D eigenvalue weighted by atomic mass is 10.0. The number of guanidine groups is 1. The van der Waals surface area contributed by atoms with E-state index in [0.717, 1.165) is 0 Å². The minimum Gasteiger partial charge on any atom is -0.394 e. The number of nitrogens with one attached hydrogen (secondary N) is 1. The van der Waals surface area contributed by atoms with E-state index in [1.165, 1.54) is 0 Å². The van der Waals surface area contributed by atoms with Gasteiger partial charge in [0.05, 0.1) is 28.8 Å². The van der Waals surface area contributed by atoms with Gasteiger partial charge in [0.15, 0.2) is 12.2 Å². The summed E-state index contributed by atoms with van der Waals surface area (Å²) < 4.78 is 5.67. The van der Waals surface area contributed by atoms with Crippen LogP contribution in [0.1, 0.15) is 13.8 Å². The Balaban J connectivity index is 1.93. The third-order valence-corrected chi connectivity index (χ3v) is 5.01. The molecule has 2 unspecified atom stereocenters. The molecule has 0 amide bonds. The fourth-order valence-electron chi connectivity index (χ4n) is 3.13. The highest BCUT2D eigenvalue weighted by atomic mass is 35.5. The largest absolute Gasteiger partial charge is 0.394 e. The molecule has 1 aliphatic carbocycles. The van der Waals surface area contributed by atoms with Gasteiger partial charge in [0, 0.05) is 6.04 Å². The number of halogens is 2. The predicted molar refractivity (Wildman–Crippen MR) is 90.8 cm³/mol. The maximum Gasteiger partial charge on any atom is 0.197 e. The molecule has 1 fully saturated rings. The molecule has 3 rings (SSSR count). The first-order valence-electron chi connectivity index (χ1n) is 7.83. The molecule has 9 heteroatoms. The zero-order valence-electron chi connectivity index (χ0n) is 13.3. The van der Waals surface area contributed by atoms with Gasteiger partial charge < -0.3 is 30.3 Å². The van der Waals surface area contributed by atoms with Crippen LogP contribution >= 0.6 is 23.2 Å². The SMILES string of the molecule is CC(C)NC1=NC2C=C(Cl)C(Cl)=CC2N1[C@H]1O[C@@H](CO)[C@H](O)[C@@H]1O. The number of hydrogen-bond acceptors (Lipinski definition) is 7. The Morgan fingerprint density at radius 3 is 2.50 bits per heavy atom. The van der Waals surface area contributed by atoms with E-state index in [1.807, 2.05) is 13.8 Å². The van der Waals surface area contributed by atoms with Gasteiger partial charge in [-0.25, -0.2) is 4.99 Å². The number of rotatable bonds is 3. The van der Waals surface area contributed by atoms with Gasteiger partial charge >= 0.3 is 0 Å². The number of aliphatic imine (C=N–C) groups is 1. The fraction of sp³-hybridized carbons (Fsp3) is 0.667. The third-order valence-electron chi connectivity index (χ3n) is 4.26. The van der Waals surface area contributed by atoms with E-state index in [4.69, 9.17) is 27.9 Å². The number of aliphatic hydroxyl groups excluding tert-OH is 3. The molecule has 0 radical (unpaired) electrons. The van der Waals surface area contributed by atoms with Crippen LogP contribution < -0.4 is 5.32 Å². The molecule has 0 saturated carbocycles. The molecular formula is C15H21Cl2N3O4. The van der Waals surface area contributed by atoms with Gasteiger partial charge in [0.25, 0.3) is 0 Å². The second-order valence-corrected chi connectivity index (χ2v) is 7.21. The number of ether oxygens (including phenoxy) is 1. The first kappa shape index (κ1) is 18.0. The highest BCUT2D eigenvalue weighted by Crippen LogP contribution is 2.36. The van der Waals surface area contributed by atoms with Crippen LogP contribution in [0, 0.1) is 0 Å². The van der Waals surface area contributed by atoms with Crippen molar-refractivity contribution < 1.29 is 20.1 Å². The van der Waals surface area contributed by atoms with E-state index < -0.39 is 24.5 Å². The van der Waals surface area contributed by atoms with Gasteiger partial charge in [-0.05, 0) is 26.0 Å². The molecule has 6 atom stereocenters. The Hall–Kier alpha value is -0.830. The van der Waals surface area contributed by atoms with Crippen molar-refractivity contribution in [1.82, 2.24) is 10.2 Å². The van der Waals surface area contributed by atoms with Crippen LogP contribution in [0.2, 0.25) is 0 Å². The molecule has 1 saturated heterocycles. The average Bonchev–Trinajstić information content (AvgIpc) is 2.97. The summed E-state index contributed by atoms with van der Waals surface area (Å²) in [6, 6.07) is -0.477. The standard InChI is InChI=1S/C15H21Cl2N3O4/c1-6(2)18-15-19-9-3-7(16)8(17)4-10(9)20(15)14-13(23)12(22)11(5-21)24-14/h3-4,6,9-14,21-23H,5H2,1-2H3,(H,18,19)/t9?,10?,11-,12-,13-,14-/m0/s1. The molecule has 2 heterocycles. The summed E-state index contributed by atoms with van der Waals surface area (Å²) in [6.45, 7) is 3.54. The lowest BCUT2D eigenvalue weighted by Crippen LogP contribution is -2.55. The average molecular weight is 378 g/mol. The topological polar surface area (TPSA) is 97.6 Å². The van der Waals surface area contributed by atoms with Crippen LogP contribution in [0.25, 0.3) is 0 Å². The molecule has 7 nitrogen and oxygen atoms in total. The van der Waals surface area contributed by atoms with Crippen LogP contribution in [0.15, 0.2) is 27.2 Å². The van der Waals surface area contributed by atoms with Crippen molar-refractivity contribution in [3.05, 3.63) is 22.2 Å². The third kappa shape index (κ3) is 3.05. The summed E-state index contributed by atoms with van der Waals surface area (Å²) in [5, 5.41) is 33.8. The summed E-state index contributed by atoms with van der Waals surface area (Å²) in [7, 11) is 0. The molecule has 134 valence electrons. The Bertz CT molecular complexity index is 595. The minimum absolute atomic E-state index is 0.0995. The molecule has 0 bridgehead atoms. The number of aliphatic hydroxyl groups is 3. The molecule has 0 aromatic rings. The number of nitrogens with zero attached hydrogens (tertiary/aromatic N) is 2. The van der Waals surface area contributed by atoms with Gasteiger partial charge in [-0.15, -0.1) is 0 Å². The highest BCUT2D eigenvalue weighted by Gasteiger charge is 2.51. The van der Waals surface area contributed by atoms with E-state index in [-0.39, 0.29) is 24.7 Å².